The second-order valence-electron chi connectivity index (χ2n) is 10.6. The predicted octanol–water partition coefficient (Wildman–Crippen LogP) is 6.95. The largest absolute Gasteiger partial charge is 0.507 e. The zero-order valence-electron chi connectivity index (χ0n) is 24.7. The number of rotatable bonds is 9. The van der Waals surface area contributed by atoms with Gasteiger partial charge in [-0.2, -0.15) is 0 Å². The van der Waals surface area contributed by atoms with Gasteiger partial charge in [0.2, 0.25) is 5.13 Å². The average Bonchev–Trinajstić information content (AvgIpc) is 3.68. The minimum Gasteiger partial charge on any atom is -0.507 e. The summed E-state index contributed by atoms with van der Waals surface area (Å²) in [4.78, 5) is 28.7. The highest BCUT2D eigenvalue weighted by Gasteiger charge is 2.48. The molecule has 2 aliphatic rings. The van der Waals surface area contributed by atoms with E-state index in [-0.39, 0.29) is 27.8 Å². The Morgan fingerprint density at radius 1 is 0.936 bits per heavy atom. The number of benzene rings is 4. The Kier molecular flexibility index (Phi) is 8.60. The average molecular weight is 668 g/mol. The molecule has 47 heavy (non-hydrogen) atoms. The number of carbonyl (C=O) groups excluding carboxylic acids is 2. The molecule has 1 atom stereocenters. The van der Waals surface area contributed by atoms with Gasteiger partial charge in [-0.05, 0) is 53.1 Å². The number of hydrogen-bond acceptors (Lipinski definition) is 10. The van der Waals surface area contributed by atoms with Crippen LogP contribution in [0.25, 0.3) is 5.76 Å². The molecule has 7 rings (SSSR count). The number of halogens is 1. The van der Waals surface area contributed by atoms with Gasteiger partial charge in [0, 0.05) is 11.3 Å². The van der Waals surface area contributed by atoms with Crippen LogP contribution >= 0.6 is 23.1 Å². The minimum absolute atomic E-state index is 0.123. The Bertz CT molecular complexity index is 2000. The number of amides is 1. The molecule has 1 saturated heterocycles. The third-order valence-corrected chi connectivity index (χ3v) is 9.70. The Labute approximate surface area is 277 Å². The molecule has 4 aromatic carbocycles. The number of thioether (sulfide) groups is 1. The molecule has 0 spiro atoms. The third kappa shape index (κ3) is 6.29. The minimum atomic E-state index is -1.05. The number of nitrogens with zero attached hydrogens (tertiary/aromatic N) is 3. The van der Waals surface area contributed by atoms with Gasteiger partial charge < -0.3 is 19.3 Å². The van der Waals surface area contributed by atoms with Crippen LogP contribution in [0.4, 0.5) is 9.52 Å². The van der Waals surface area contributed by atoms with E-state index in [9.17, 15) is 19.1 Å². The van der Waals surface area contributed by atoms with Crippen LogP contribution in [0.2, 0.25) is 0 Å². The summed E-state index contributed by atoms with van der Waals surface area (Å²) >= 11 is 2.36. The summed E-state index contributed by atoms with van der Waals surface area (Å²) in [5.41, 5.74) is 2.15. The van der Waals surface area contributed by atoms with Gasteiger partial charge in [-0.3, -0.25) is 14.5 Å². The van der Waals surface area contributed by atoms with Crippen molar-refractivity contribution >= 4 is 45.7 Å². The molecule has 9 nitrogen and oxygen atoms in total. The van der Waals surface area contributed by atoms with E-state index in [0.29, 0.717) is 58.3 Å². The molecule has 236 valence electrons. The Morgan fingerprint density at radius 2 is 1.72 bits per heavy atom. The molecule has 0 unspecified atom stereocenters. The Hall–Kier alpha value is -5.20. The van der Waals surface area contributed by atoms with E-state index in [4.69, 9.17) is 14.2 Å². The summed E-state index contributed by atoms with van der Waals surface area (Å²) in [5.74, 6) is -0.708. The lowest BCUT2D eigenvalue weighted by Crippen LogP contribution is -2.29. The first-order valence-electron chi connectivity index (χ1n) is 14.6. The van der Waals surface area contributed by atoms with Gasteiger partial charge in [0.05, 0.1) is 11.6 Å². The number of fused-ring (bicyclic) bond motifs is 1. The molecule has 1 amide bonds. The van der Waals surface area contributed by atoms with Gasteiger partial charge >= 0.3 is 5.91 Å². The summed E-state index contributed by atoms with van der Waals surface area (Å²) in [6, 6.07) is 26.9. The standard InChI is InChI=1S/C35H26FN3O6S2/c36-26-12-5-4-9-24(26)20-46-35-38-37-34(47-35)39-30(22-10-6-11-25(17-22)45-19-21-7-2-1-3-8-21)29(32(41)33(39)42)31(40)23-13-14-27-28(18-23)44-16-15-43-27/h1-14,17-18,30,40H,15-16,19-20H2/b31-29+/t30-/m1/s1. The molecule has 2 aliphatic heterocycles. The molecule has 3 heterocycles. The van der Waals surface area contributed by atoms with Crippen molar-refractivity contribution in [3.8, 4) is 17.2 Å². The topological polar surface area (TPSA) is 111 Å². The lowest BCUT2D eigenvalue weighted by Gasteiger charge is -2.23. The number of aliphatic hydroxyl groups is 1. The highest BCUT2D eigenvalue weighted by Crippen LogP contribution is 2.45. The third-order valence-electron chi connectivity index (χ3n) is 7.59. The summed E-state index contributed by atoms with van der Waals surface area (Å²) < 4.78 is 32.1. The fraction of sp³-hybridized carbons (Fsp3) is 0.143. The number of aromatic nitrogens is 2. The van der Waals surface area contributed by atoms with Crippen molar-refractivity contribution in [2.45, 2.75) is 22.7 Å². The van der Waals surface area contributed by atoms with Crippen LogP contribution < -0.4 is 19.1 Å². The molecule has 0 aliphatic carbocycles. The molecular formula is C35H26FN3O6S2. The number of hydrogen-bond donors (Lipinski definition) is 1. The fourth-order valence-electron chi connectivity index (χ4n) is 5.32. The first-order valence-corrected chi connectivity index (χ1v) is 16.4. The second kappa shape index (κ2) is 13.3. The Morgan fingerprint density at radius 3 is 2.55 bits per heavy atom. The molecule has 1 aromatic heterocycles. The summed E-state index contributed by atoms with van der Waals surface area (Å²) in [6.07, 6.45) is 0. The quantitative estimate of drug-likeness (QED) is 0.0587. The van der Waals surface area contributed by atoms with Crippen LogP contribution in [0, 0.1) is 5.82 Å². The van der Waals surface area contributed by atoms with Crippen molar-refractivity contribution in [3.63, 3.8) is 0 Å². The maximum Gasteiger partial charge on any atom is 0.301 e. The van der Waals surface area contributed by atoms with Crippen LogP contribution in [0.5, 0.6) is 17.2 Å². The van der Waals surface area contributed by atoms with Crippen LogP contribution in [0.1, 0.15) is 28.3 Å². The molecule has 1 N–H and O–H groups in total. The highest BCUT2D eigenvalue weighted by atomic mass is 32.2. The molecule has 1 fully saturated rings. The fourth-order valence-corrected chi connectivity index (χ4v) is 7.17. The number of ketones is 1. The van der Waals surface area contributed by atoms with Gasteiger partial charge in [0.25, 0.3) is 5.78 Å². The number of anilines is 1. The summed E-state index contributed by atoms with van der Waals surface area (Å²) in [5, 5.41) is 20.3. The first kappa shape index (κ1) is 30.5. The van der Waals surface area contributed by atoms with Crippen LogP contribution in [0.3, 0.4) is 0 Å². The van der Waals surface area contributed by atoms with Crippen LogP contribution in [0.15, 0.2) is 107 Å². The van der Waals surface area contributed by atoms with E-state index in [1.54, 1.807) is 60.7 Å². The molecule has 5 aromatic rings. The van der Waals surface area contributed by atoms with Crippen LogP contribution in [-0.2, 0) is 21.9 Å². The maximum absolute atomic E-state index is 14.2. The maximum atomic E-state index is 14.2. The second-order valence-corrected chi connectivity index (χ2v) is 12.8. The normalized spacial score (nSPS) is 16.8. The lowest BCUT2D eigenvalue weighted by atomic mass is 9.95. The van der Waals surface area contributed by atoms with Crippen molar-refractivity contribution in [2.24, 2.45) is 0 Å². The number of Topliss-reactive ketones (excluding diaryl/α,β-unsaturated/α-hetero) is 1. The highest BCUT2D eigenvalue weighted by molar-refractivity contribution is 8.00. The van der Waals surface area contributed by atoms with Crippen LogP contribution in [-0.4, -0.2) is 40.2 Å². The molecule has 0 radical (unpaired) electrons. The van der Waals surface area contributed by atoms with Crippen molar-refractivity contribution in [1.82, 2.24) is 10.2 Å². The lowest BCUT2D eigenvalue weighted by molar-refractivity contribution is -0.132. The van der Waals surface area contributed by atoms with Gasteiger partial charge in [-0.1, -0.05) is 83.8 Å². The summed E-state index contributed by atoms with van der Waals surface area (Å²) in [6.45, 7) is 1.04. The van der Waals surface area contributed by atoms with E-state index >= 15 is 0 Å². The zero-order chi connectivity index (χ0) is 32.3. The SMILES string of the molecule is O=C1C(=O)N(c2nnc(SCc3ccccc3F)s2)[C@H](c2cccc(OCc3ccccc3)c2)/C1=C(\O)c1ccc2c(c1)OCCO2. The molecular weight excluding hydrogens is 642 g/mol. The number of carbonyl (C=O) groups is 2. The summed E-state index contributed by atoms with van der Waals surface area (Å²) in [7, 11) is 0. The molecule has 12 heteroatoms. The smallest absolute Gasteiger partial charge is 0.301 e. The van der Waals surface area contributed by atoms with Crippen molar-refractivity contribution in [2.75, 3.05) is 18.1 Å². The number of aliphatic hydroxyl groups excluding tert-OH is 1. The monoisotopic (exact) mass is 667 g/mol. The first-order chi connectivity index (χ1) is 23.0. The van der Waals surface area contributed by atoms with E-state index in [2.05, 4.69) is 10.2 Å². The van der Waals surface area contributed by atoms with Crippen molar-refractivity contribution < 1.29 is 33.3 Å². The van der Waals surface area contributed by atoms with E-state index < -0.39 is 17.7 Å². The molecule has 0 saturated carbocycles. The number of ether oxygens (including phenoxy) is 3. The van der Waals surface area contributed by atoms with E-state index in [0.717, 1.165) is 16.9 Å². The van der Waals surface area contributed by atoms with Gasteiger partial charge in [-0.15, -0.1) is 10.2 Å². The van der Waals surface area contributed by atoms with Gasteiger partial charge in [-0.25, -0.2) is 4.39 Å². The van der Waals surface area contributed by atoms with Crippen molar-refractivity contribution in [3.05, 3.63) is 131 Å². The zero-order valence-corrected chi connectivity index (χ0v) is 26.3. The van der Waals surface area contributed by atoms with E-state index in [1.165, 1.54) is 22.7 Å². The van der Waals surface area contributed by atoms with Crippen molar-refractivity contribution in [1.29, 1.82) is 0 Å². The van der Waals surface area contributed by atoms with Gasteiger partial charge in [0.15, 0.2) is 15.8 Å². The van der Waals surface area contributed by atoms with E-state index in [1.807, 2.05) is 30.3 Å². The van der Waals surface area contributed by atoms with Gasteiger partial charge in [0.1, 0.15) is 37.1 Å². The predicted molar refractivity (Wildman–Crippen MR) is 175 cm³/mol. The Balaban J connectivity index is 1.26. The molecule has 0 bridgehead atoms.